The zero-order valence-electron chi connectivity index (χ0n) is 27.1. The largest absolute Gasteiger partial charge is 0.0654 e. The van der Waals surface area contributed by atoms with Gasteiger partial charge in [-0.1, -0.05) is 182 Å². The maximum Gasteiger partial charge on any atom is -0.0159 e. The van der Waals surface area contributed by atoms with Gasteiger partial charge >= 0.3 is 0 Å². The van der Waals surface area contributed by atoms with E-state index in [1.807, 2.05) is 0 Å². The summed E-state index contributed by atoms with van der Waals surface area (Å²) in [5, 5.41) is 0. The Balaban J connectivity index is 2.56. The van der Waals surface area contributed by atoms with E-state index in [0.717, 1.165) is 5.92 Å². The van der Waals surface area contributed by atoms with Crippen molar-refractivity contribution in [2.75, 3.05) is 0 Å². The molecule has 1 aromatic carbocycles. The Hall–Kier alpha value is -0.780. The molecule has 0 aromatic heterocycles. The molecule has 1 aromatic rings. The molecule has 1 atom stereocenters. The Morgan fingerprint density at radius 1 is 0.395 bits per heavy atom. The number of rotatable bonds is 27. The molecule has 0 aliphatic heterocycles. The quantitative estimate of drug-likeness (QED) is 0.1000. The van der Waals surface area contributed by atoms with Crippen molar-refractivity contribution in [2.24, 2.45) is 0 Å². The van der Waals surface area contributed by atoms with Crippen molar-refractivity contribution < 1.29 is 0 Å². The van der Waals surface area contributed by atoms with E-state index in [9.17, 15) is 0 Å². The van der Waals surface area contributed by atoms with Crippen LogP contribution >= 0.6 is 0 Å². The van der Waals surface area contributed by atoms with E-state index in [0.29, 0.717) is 0 Å². The highest BCUT2D eigenvalue weighted by Crippen LogP contribution is 2.35. The molecule has 0 heteroatoms. The molecule has 0 bridgehead atoms. The van der Waals surface area contributed by atoms with E-state index in [2.05, 4.69) is 46.8 Å². The average Bonchev–Trinajstić information content (AvgIpc) is 2.92. The van der Waals surface area contributed by atoms with Gasteiger partial charge in [0.15, 0.2) is 0 Å². The van der Waals surface area contributed by atoms with Crippen LogP contribution in [0.5, 0.6) is 0 Å². The fourth-order valence-corrected chi connectivity index (χ4v) is 6.61. The SMILES string of the molecule is CCCCCCCCCCCCCCCCC(CCCCCC)c1ccc(CCC)c(CCC)c1CCC. The summed E-state index contributed by atoms with van der Waals surface area (Å²) in [5.74, 6) is 0.789. The van der Waals surface area contributed by atoms with Gasteiger partial charge in [-0.3, -0.25) is 0 Å². The van der Waals surface area contributed by atoms with E-state index in [1.54, 1.807) is 22.3 Å². The Morgan fingerprint density at radius 3 is 1.24 bits per heavy atom. The van der Waals surface area contributed by atoms with Crippen LogP contribution in [0, 0.1) is 0 Å². The van der Waals surface area contributed by atoms with Crippen LogP contribution in [0.3, 0.4) is 0 Å². The molecule has 0 saturated carbocycles. The third-order valence-corrected chi connectivity index (χ3v) is 8.84. The number of aryl methyl sites for hydroxylation is 1. The van der Waals surface area contributed by atoms with Gasteiger partial charge in [-0.15, -0.1) is 0 Å². The minimum absolute atomic E-state index is 0.789. The highest BCUT2D eigenvalue weighted by Gasteiger charge is 2.19. The monoisotopic (exact) mass is 527 g/mol. The van der Waals surface area contributed by atoms with Gasteiger partial charge in [0.2, 0.25) is 0 Å². The van der Waals surface area contributed by atoms with Crippen molar-refractivity contribution in [3.8, 4) is 0 Å². The molecule has 222 valence electrons. The third kappa shape index (κ3) is 15.7. The van der Waals surface area contributed by atoms with E-state index in [4.69, 9.17) is 0 Å². The van der Waals surface area contributed by atoms with Crippen LogP contribution in [0.2, 0.25) is 0 Å². The van der Waals surface area contributed by atoms with E-state index in [-0.39, 0.29) is 0 Å². The lowest BCUT2D eigenvalue weighted by Gasteiger charge is -2.25. The number of benzene rings is 1. The Bertz CT molecular complexity index is 642. The third-order valence-electron chi connectivity index (χ3n) is 8.84. The molecular weight excluding hydrogens is 456 g/mol. The second kappa shape index (κ2) is 25.2. The van der Waals surface area contributed by atoms with Crippen LogP contribution in [0.25, 0.3) is 0 Å². The molecular formula is C38H70. The van der Waals surface area contributed by atoms with Crippen LogP contribution in [0.15, 0.2) is 12.1 Å². The summed E-state index contributed by atoms with van der Waals surface area (Å²) in [4.78, 5) is 0. The van der Waals surface area contributed by atoms with E-state index in [1.165, 1.54) is 167 Å². The van der Waals surface area contributed by atoms with Gasteiger partial charge in [0, 0.05) is 0 Å². The van der Waals surface area contributed by atoms with Crippen LogP contribution in [0.1, 0.15) is 210 Å². The Morgan fingerprint density at radius 2 is 0.789 bits per heavy atom. The Kier molecular flexibility index (Phi) is 23.4. The maximum absolute atomic E-state index is 2.59. The minimum Gasteiger partial charge on any atom is -0.0654 e. The molecule has 0 saturated heterocycles. The summed E-state index contributed by atoms with van der Waals surface area (Å²) in [6, 6.07) is 5.12. The van der Waals surface area contributed by atoms with Crippen LogP contribution in [0.4, 0.5) is 0 Å². The predicted molar refractivity (Wildman–Crippen MR) is 175 cm³/mol. The van der Waals surface area contributed by atoms with Gasteiger partial charge < -0.3 is 0 Å². The fourth-order valence-electron chi connectivity index (χ4n) is 6.61. The maximum atomic E-state index is 2.59. The topological polar surface area (TPSA) is 0 Å². The summed E-state index contributed by atoms with van der Waals surface area (Å²) in [7, 11) is 0. The second-order valence-electron chi connectivity index (χ2n) is 12.5. The summed E-state index contributed by atoms with van der Waals surface area (Å²) < 4.78 is 0. The van der Waals surface area contributed by atoms with Crippen molar-refractivity contribution in [2.45, 2.75) is 207 Å². The lowest BCUT2D eigenvalue weighted by Crippen LogP contribution is -2.10. The number of unbranched alkanes of at least 4 members (excludes halogenated alkanes) is 16. The molecule has 0 heterocycles. The normalized spacial score (nSPS) is 12.3. The lowest BCUT2D eigenvalue weighted by atomic mass is 9.80. The highest BCUT2D eigenvalue weighted by atomic mass is 14.2. The van der Waals surface area contributed by atoms with E-state index < -0.39 is 0 Å². The van der Waals surface area contributed by atoms with Crippen LogP contribution in [-0.4, -0.2) is 0 Å². The fraction of sp³-hybridized carbons (Fsp3) is 0.842. The molecule has 0 N–H and O–H groups in total. The molecule has 0 fully saturated rings. The van der Waals surface area contributed by atoms with Crippen molar-refractivity contribution in [3.05, 3.63) is 34.4 Å². The molecule has 0 aliphatic rings. The molecule has 0 amide bonds. The average molecular weight is 527 g/mol. The van der Waals surface area contributed by atoms with Crippen molar-refractivity contribution in [3.63, 3.8) is 0 Å². The smallest absolute Gasteiger partial charge is 0.0159 e. The first kappa shape index (κ1) is 35.2. The van der Waals surface area contributed by atoms with Gasteiger partial charge in [-0.2, -0.15) is 0 Å². The molecule has 38 heavy (non-hydrogen) atoms. The van der Waals surface area contributed by atoms with Crippen LogP contribution < -0.4 is 0 Å². The van der Waals surface area contributed by atoms with Gasteiger partial charge in [-0.25, -0.2) is 0 Å². The van der Waals surface area contributed by atoms with E-state index >= 15 is 0 Å². The summed E-state index contributed by atoms with van der Waals surface area (Å²) in [6.45, 7) is 11.8. The summed E-state index contributed by atoms with van der Waals surface area (Å²) in [5.41, 5.74) is 6.92. The zero-order valence-corrected chi connectivity index (χ0v) is 27.1. The zero-order chi connectivity index (χ0) is 27.7. The Labute approximate surface area is 241 Å². The number of hydrogen-bond acceptors (Lipinski definition) is 0. The molecule has 0 radical (unpaired) electrons. The van der Waals surface area contributed by atoms with Gasteiger partial charge in [0.1, 0.15) is 0 Å². The van der Waals surface area contributed by atoms with Gasteiger partial charge in [-0.05, 0) is 60.3 Å². The molecule has 1 rings (SSSR count). The summed E-state index contributed by atoms with van der Waals surface area (Å²) in [6.07, 6.45) is 36.4. The van der Waals surface area contributed by atoms with Crippen molar-refractivity contribution in [1.29, 1.82) is 0 Å². The first-order valence-electron chi connectivity index (χ1n) is 17.9. The predicted octanol–water partition coefficient (Wildman–Crippen LogP) is 13.5. The first-order chi connectivity index (χ1) is 18.7. The second-order valence-corrected chi connectivity index (χ2v) is 12.5. The van der Waals surface area contributed by atoms with Gasteiger partial charge in [0.05, 0.1) is 0 Å². The number of hydrogen-bond donors (Lipinski definition) is 0. The molecule has 0 spiro atoms. The van der Waals surface area contributed by atoms with Crippen LogP contribution in [-0.2, 0) is 19.3 Å². The molecule has 0 nitrogen and oxygen atoms in total. The standard InChI is InChI=1S/C38H70/c1-6-11-13-15-16-17-18-19-20-21-22-23-24-26-31-35(30-25-14-12-7-2)37-33-32-34(27-8-3)36(28-9-4)38(37)29-10-5/h32-33,35H,6-31H2,1-5H3. The highest BCUT2D eigenvalue weighted by molar-refractivity contribution is 5.43. The van der Waals surface area contributed by atoms with Crippen molar-refractivity contribution >= 4 is 0 Å². The molecule has 0 aliphatic carbocycles. The minimum atomic E-state index is 0.789. The summed E-state index contributed by atoms with van der Waals surface area (Å²) >= 11 is 0. The first-order valence-corrected chi connectivity index (χ1v) is 17.9. The lowest BCUT2D eigenvalue weighted by molar-refractivity contribution is 0.483. The molecule has 1 unspecified atom stereocenters. The van der Waals surface area contributed by atoms with Gasteiger partial charge in [0.25, 0.3) is 0 Å². The van der Waals surface area contributed by atoms with Crippen molar-refractivity contribution in [1.82, 2.24) is 0 Å².